The van der Waals surface area contributed by atoms with E-state index < -0.39 is 0 Å². The van der Waals surface area contributed by atoms with E-state index in [1.807, 2.05) is 24.3 Å². The van der Waals surface area contributed by atoms with Crippen LogP contribution < -0.4 is 9.47 Å². The van der Waals surface area contributed by atoms with Crippen molar-refractivity contribution in [1.82, 2.24) is 9.78 Å². The molecule has 0 N–H and O–H groups in total. The first-order chi connectivity index (χ1) is 16.6. The summed E-state index contributed by atoms with van der Waals surface area (Å²) in [6.45, 7) is 16.3. The van der Waals surface area contributed by atoms with Gasteiger partial charge in [-0.05, 0) is 53.9 Å². The van der Waals surface area contributed by atoms with Crippen molar-refractivity contribution in [2.24, 2.45) is 0 Å². The van der Waals surface area contributed by atoms with E-state index in [0.29, 0.717) is 13.2 Å². The third kappa shape index (κ3) is 5.54. The average Bonchev–Trinajstić information content (AvgIpc) is 3.74. The first kappa shape index (κ1) is 23.9. The molecule has 0 spiro atoms. The summed E-state index contributed by atoms with van der Waals surface area (Å²) in [4.78, 5) is 0. The second-order valence-electron chi connectivity index (χ2n) is 11.5. The Hall–Kier alpha value is -2.83. The molecular weight excluding hydrogens is 440 g/mol. The normalized spacial score (nSPS) is 19.5. The van der Waals surface area contributed by atoms with Gasteiger partial charge in [0.15, 0.2) is 0 Å². The van der Waals surface area contributed by atoms with Crippen LogP contribution in [0, 0.1) is 0 Å². The Kier molecular flexibility index (Phi) is 6.14. The second-order valence-corrected chi connectivity index (χ2v) is 11.5. The molecule has 0 radical (unpaired) electrons. The Bertz CT molecular complexity index is 1070. The first-order valence-electron chi connectivity index (χ1n) is 12.4. The molecule has 2 unspecified atom stereocenters. The fraction of sp³-hybridized carbons (Fsp3) is 0.483. The van der Waals surface area contributed by atoms with E-state index in [4.69, 9.17) is 24.0 Å². The minimum Gasteiger partial charge on any atom is -0.491 e. The van der Waals surface area contributed by atoms with Crippen LogP contribution in [0.25, 0.3) is 16.9 Å². The summed E-state index contributed by atoms with van der Waals surface area (Å²) in [5.74, 6) is 1.70. The van der Waals surface area contributed by atoms with Gasteiger partial charge in [-0.1, -0.05) is 41.5 Å². The van der Waals surface area contributed by atoms with Crippen molar-refractivity contribution in [1.29, 1.82) is 0 Å². The lowest BCUT2D eigenvalue weighted by molar-refractivity contribution is 0.263. The number of nitrogens with zero attached hydrogens (tertiary/aromatic N) is 2. The van der Waals surface area contributed by atoms with Gasteiger partial charge in [0.25, 0.3) is 0 Å². The summed E-state index contributed by atoms with van der Waals surface area (Å²) in [5.41, 5.74) is 5.37. The Labute approximate surface area is 208 Å². The molecule has 2 fully saturated rings. The second kappa shape index (κ2) is 8.99. The predicted molar refractivity (Wildman–Crippen MR) is 137 cm³/mol. The molecule has 0 amide bonds. The van der Waals surface area contributed by atoms with E-state index in [0.717, 1.165) is 41.7 Å². The van der Waals surface area contributed by atoms with Gasteiger partial charge in [-0.15, -0.1) is 0 Å². The molecular formula is C29H36N2O4. The van der Waals surface area contributed by atoms with Crippen LogP contribution in [0.15, 0.2) is 48.5 Å². The van der Waals surface area contributed by atoms with Crippen molar-refractivity contribution >= 4 is 0 Å². The van der Waals surface area contributed by atoms with E-state index in [9.17, 15) is 0 Å². The van der Waals surface area contributed by atoms with Crippen LogP contribution in [0.1, 0.15) is 52.8 Å². The Morgan fingerprint density at radius 1 is 0.771 bits per heavy atom. The minimum absolute atomic E-state index is 0.0952. The SMILES string of the molecule is CC(C)(C)c1c(-c2ccc(OCC3CO3)cc2)nn(-c2ccc(OCC3CO3)cc2)c1C(C)(C)C. The highest BCUT2D eigenvalue weighted by atomic mass is 16.6. The van der Waals surface area contributed by atoms with E-state index in [-0.39, 0.29) is 23.0 Å². The highest BCUT2D eigenvalue weighted by Gasteiger charge is 2.34. The van der Waals surface area contributed by atoms with Crippen molar-refractivity contribution < 1.29 is 18.9 Å². The number of ether oxygens (including phenoxy) is 4. The van der Waals surface area contributed by atoms with Gasteiger partial charge in [0.2, 0.25) is 0 Å². The molecule has 3 heterocycles. The molecule has 186 valence electrons. The van der Waals surface area contributed by atoms with Gasteiger partial charge in [0.05, 0.1) is 30.3 Å². The highest BCUT2D eigenvalue weighted by molar-refractivity contribution is 5.68. The standard InChI is InChI=1S/C29H36N2O4/c1-28(2,3)25-26(19-7-11-21(12-8-19)32-15-23-17-34-23)30-31(27(25)29(4,5)6)20-9-13-22(14-10-20)33-16-24-18-35-24/h7-14,23-24H,15-18H2,1-6H3. The van der Waals surface area contributed by atoms with Gasteiger partial charge < -0.3 is 18.9 Å². The third-order valence-corrected chi connectivity index (χ3v) is 6.23. The summed E-state index contributed by atoms with van der Waals surface area (Å²) in [6, 6.07) is 16.4. The number of benzene rings is 2. The van der Waals surface area contributed by atoms with Crippen LogP contribution in [0.3, 0.4) is 0 Å². The maximum absolute atomic E-state index is 5.85. The molecule has 2 aliphatic heterocycles. The summed E-state index contributed by atoms with van der Waals surface area (Å²) in [7, 11) is 0. The highest BCUT2D eigenvalue weighted by Crippen LogP contribution is 2.42. The van der Waals surface area contributed by atoms with E-state index in [1.165, 1.54) is 11.3 Å². The lowest BCUT2D eigenvalue weighted by Gasteiger charge is -2.28. The zero-order valence-electron chi connectivity index (χ0n) is 21.6. The van der Waals surface area contributed by atoms with Crippen LogP contribution in [-0.4, -0.2) is 48.4 Å². The minimum atomic E-state index is -0.111. The molecule has 5 rings (SSSR count). The van der Waals surface area contributed by atoms with E-state index in [2.05, 4.69) is 70.5 Å². The van der Waals surface area contributed by atoms with Crippen LogP contribution in [-0.2, 0) is 20.3 Å². The molecule has 0 bridgehead atoms. The maximum Gasteiger partial charge on any atom is 0.119 e. The van der Waals surface area contributed by atoms with Gasteiger partial charge >= 0.3 is 0 Å². The van der Waals surface area contributed by atoms with E-state index >= 15 is 0 Å². The van der Waals surface area contributed by atoms with Gasteiger partial charge in [0.1, 0.15) is 36.9 Å². The van der Waals surface area contributed by atoms with Gasteiger partial charge in [0, 0.05) is 16.5 Å². The molecule has 2 atom stereocenters. The summed E-state index contributed by atoms with van der Waals surface area (Å²) in [5, 5.41) is 5.21. The number of epoxide rings is 2. The van der Waals surface area contributed by atoms with Gasteiger partial charge in [-0.2, -0.15) is 5.10 Å². The quantitative estimate of drug-likeness (QED) is 0.391. The van der Waals surface area contributed by atoms with Crippen molar-refractivity contribution in [3.8, 4) is 28.4 Å². The molecule has 0 saturated carbocycles. The van der Waals surface area contributed by atoms with Crippen molar-refractivity contribution in [3.63, 3.8) is 0 Å². The summed E-state index contributed by atoms with van der Waals surface area (Å²) in [6.07, 6.45) is 0.482. The summed E-state index contributed by atoms with van der Waals surface area (Å²) < 4.78 is 24.3. The summed E-state index contributed by atoms with van der Waals surface area (Å²) >= 11 is 0. The number of hydrogen-bond donors (Lipinski definition) is 0. The van der Waals surface area contributed by atoms with Crippen LogP contribution in [0.2, 0.25) is 0 Å². The third-order valence-electron chi connectivity index (χ3n) is 6.23. The maximum atomic E-state index is 5.85. The monoisotopic (exact) mass is 476 g/mol. The molecule has 6 nitrogen and oxygen atoms in total. The van der Waals surface area contributed by atoms with Crippen molar-refractivity contribution in [3.05, 3.63) is 59.8 Å². The smallest absolute Gasteiger partial charge is 0.119 e. The van der Waals surface area contributed by atoms with Crippen LogP contribution in [0.4, 0.5) is 0 Å². The molecule has 2 saturated heterocycles. The van der Waals surface area contributed by atoms with E-state index in [1.54, 1.807) is 0 Å². The molecule has 2 aliphatic rings. The zero-order valence-corrected chi connectivity index (χ0v) is 21.6. The topological polar surface area (TPSA) is 61.3 Å². The van der Waals surface area contributed by atoms with Crippen molar-refractivity contribution in [2.45, 2.75) is 64.6 Å². The average molecular weight is 477 g/mol. The molecule has 1 aromatic heterocycles. The number of hydrogen-bond acceptors (Lipinski definition) is 5. The molecule has 0 aliphatic carbocycles. The Morgan fingerprint density at radius 3 is 1.69 bits per heavy atom. The number of aromatic nitrogens is 2. The Morgan fingerprint density at radius 2 is 1.26 bits per heavy atom. The first-order valence-corrected chi connectivity index (χ1v) is 12.4. The lowest BCUT2D eigenvalue weighted by Crippen LogP contribution is -2.24. The van der Waals surface area contributed by atoms with Gasteiger partial charge in [-0.25, -0.2) is 4.68 Å². The van der Waals surface area contributed by atoms with Crippen LogP contribution >= 0.6 is 0 Å². The number of rotatable bonds is 8. The van der Waals surface area contributed by atoms with Crippen LogP contribution in [0.5, 0.6) is 11.5 Å². The molecule has 2 aromatic carbocycles. The predicted octanol–water partition coefficient (Wildman–Crippen LogP) is 5.69. The Balaban J connectivity index is 1.52. The largest absolute Gasteiger partial charge is 0.491 e. The van der Waals surface area contributed by atoms with Gasteiger partial charge in [-0.3, -0.25) is 0 Å². The molecule has 35 heavy (non-hydrogen) atoms. The van der Waals surface area contributed by atoms with Crippen molar-refractivity contribution in [2.75, 3.05) is 26.4 Å². The zero-order chi connectivity index (χ0) is 24.8. The molecule has 6 heteroatoms. The fourth-order valence-electron chi connectivity index (χ4n) is 4.31. The fourth-order valence-corrected chi connectivity index (χ4v) is 4.31. The molecule has 3 aromatic rings. The lowest BCUT2D eigenvalue weighted by atomic mass is 9.77.